The lowest BCUT2D eigenvalue weighted by Gasteiger charge is -2.21. The number of phosphoric ester groups is 2. The van der Waals surface area contributed by atoms with Gasteiger partial charge in [0, 0.05) is 25.7 Å². The number of unbranched alkanes of at least 4 members (excludes halogenated alkanes) is 51. The highest BCUT2D eigenvalue weighted by molar-refractivity contribution is 7.47. The molecule has 3 unspecified atom stereocenters. The third-order valence-electron chi connectivity index (χ3n) is 19.1. The SMILES string of the molecule is CCCCCCCCCCCCCCCCCCCCC(=O)OC[C@H](COP(=O)(O)OC[C@@H](O)COP(=O)(O)OC[C@@H](COC(=O)CCCCCCCCCCCC)OC(=O)CCCCCCCCCCCCCCC)OC(=O)CCCCCCCCCCCCCCCCC(C)CC. The van der Waals surface area contributed by atoms with E-state index in [0.717, 1.165) is 95.8 Å². The molecule has 0 aromatic carbocycles. The first-order chi connectivity index (χ1) is 48.1. The Labute approximate surface area is 607 Å². The molecule has 0 aromatic heterocycles. The Morgan fingerprint density at radius 1 is 0.283 bits per heavy atom. The molecule has 0 saturated heterocycles. The smallest absolute Gasteiger partial charge is 0.462 e. The maximum absolute atomic E-state index is 13.1. The fourth-order valence-electron chi connectivity index (χ4n) is 12.4. The highest BCUT2D eigenvalue weighted by Gasteiger charge is 2.30. The third-order valence-corrected chi connectivity index (χ3v) is 21.0. The average Bonchev–Trinajstić information content (AvgIpc) is 1.18. The lowest BCUT2D eigenvalue weighted by Crippen LogP contribution is -2.30. The number of carbonyl (C=O) groups is 4. The lowest BCUT2D eigenvalue weighted by molar-refractivity contribution is -0.161. The summed E-state index contributed by atoms with van der Waals surface area (Å²) in [5, 5.41) is 10.6. The van der Waals surface area contributed by atoms with Crippen molar-refractivity contribution in [2.45, 2.75) is 445 Å². The number of aliphatic hydroxyl groups is 1. The number of hydrogen-bond acceptors (Lipinski definition) is 15. The van der Waals surface area contributed by atoms with Crippen LogP contribution in [0.1, 0.15) is 426 Å². The van der Waals surface area contributed by atoms with Gasteiger partial charge in [-0.25, -0.2) is 9.13 Å². The van der Waals surface area contributed by atoms with E-state index in [1.54, 1.807) is 0 Å². The van der Waals surface area contributed by atoms with Gasteiger partial charge < -0.3 is 33.8 Å². The van der Waals surface area contributed by atoms with Gasteiger partial charge >= 0.3 is 39.5 Å². The second kappa shape index (κ2) is 73.0. The molecule has 0 saturated carbocycles. The van der Waals surface area contributed by atoms with E-state index in [0.29, 0.717) is 25.7 Å². The van der Waals surface area contributed by atoms with Gasteiger partial charge in [-0.1, -0.05) is 375 Å². The maximum atomic E-state index is 13.1. The van der Waals surface area contributed by atoms with Crippen LogP contribution < -0.4 is 0 Å². The van der Waals surface area contributed by atoms with Crippen LogP contribution in [0.3, 0.4) is 0 Å². The molecule has 17 nitrogen and oxygen atoms in total. The maximum Gasteiger partial charge on any atom is 0.472 e. The third kappa shape index (κ3) is 72.8. The first-order valence-electron chi connectivity index (χ1n) is 41.7. The predicted octanol–water partition coefficient (Wildman–Crippen LogP) is 24.0. The van der Waals surface area contributed by atoms with Crippen molar-refractivity contribution in [3.63, 3.8) is 0 Å². The Morgan fingerprint density at radius 2 is 0.485 bits per heavy atom. The molecular weight excluding hydrogens is 1290 g/mol. The van der Waals surface area contributed by atoms with Crippen LogP contribution in [0.5, 0.6) is 0 Å². The summed E-state index contributed by atoms with van der Waals surface area (Å²) < 4.78 is 68.7. The molecule has 6 atom stereocenters. The molecule has 0 bridgehead atoms. The van der Waals surface area contributed by atoms with Crippen molar-refractivity contribution in [1.82, 2.24) is 0 Å². The molecule has 0 heterocycles. The van der Waals surface area contributed by atoms with Crippen LogP contribution in [-0.2, 0) is 65.4 Å². The summed E-state index contributed by atoms with van der Waals surface area (Å²) in [4.78, 5) is 73.0. The summed E-state index contributed by atoms with van der Waals surface area (Å²) in [5.41, 5.74) is 0. The van der Waals surface area contributed by atoms with Gasteiger partial charge in [0.15, 0.2) is 12.2 Å². The summed E-state index contributed by atoms with van der Waals surface area (Å²) >= 11 is 0. The standard InChI is InChI=1S/C80H156O17P2/c1-6-10-13-16-19-22-25-27-28-29-30-31-36-39-44-49-54-59-64-78(83)91-70-76(97-80(85)66-61-56-51-46-41-37-33-32-35-38-42-47-52-57-62-73(5)9-4)72-95-99(88,89)93-68-74(81)67-92-98(86,87)94-71-75(69-90-77(82)63-58-53-48-43-24-21-18-15-12-8-3)96-79(84)65-60-55-50-45-40-34-26-23-20-17-14-11-7-2/h73-76,81H,6-72H2,1-5H3,(H,86,87)(H,88,89)/t73?,74-,75+,76+/m0/s1. The molecule has 0 rings (SSSR count). The minimum Gasteiger partial charge on any atom is -0.462 e. The summed E-state index contributed by atoms with van der Waals surface area (Å²) in [7, 11) is -9.92. The van der Waals surface area contributed by atoms with E-state index in [2.05, 4.69) is 34.6 Å². The first-order valence-corrected chi connectivity index (χ1v) is 44.7. The van der Waals surface area contributed by atoms with E-state index in [4.69, 9.17) is 37.0 Å². The van der Waals surface area contributed by atoms with Crippen molar-refractivity contribution in [2.24, 2.45) is 5.92 Å². The lowest BCUT2D eigenvalue weighted by atomic mass is 9.99. The van der Waals surface area contributed by atoms with E-state index in [-0.39, 0.29) is 25.7 Å². The molecule has 0 aromatic rings. The van der Waals surface area contributed by atoms with Crippen LogP contribution in [0.2, 0.25) is 0 Å². The molecule has 19 heteroatoms. The van der Waals surface area contributed by atoms with Gasteiger partial charge in [-0.3, -0.25) is 37.3 Å². The Morgan fingerprint density at radius 3 is 0.717 bits per heavy atom. The number of hydrogen-bond donors (Lipinski definition) is 3. The van der Waals surface area contributed by atoms with Crippen LogP contribution in [-0.4, -0.2) is 96.7 Å². The van der Waals surface area contributed by atoms with Gasteiger partial charge in [-0.2, -0.15) is 0 Å². The van der Waals surface area contributed by atoms with E-state index < -0.39 is 97.5 Å². The van der Waals surface area contributed by atoms with Crippen molar-refractivity contribution in [3.05, 3.63) is 0 Å². The van der Waals surface area contributed by atoms with E-state index in [9.17, 15) is 43.2 Å². The largest absolute Gasteiger partial charge is 0.472 e. The molecule has 0 aliphatic heterocycles. The van der Waals surface area contributed by atoms with Crippen molar-refractivity contribution in [3.8, 4) is 0 Å². The van der Waals surface area contributed by atoms with Gasteiger partial charge in [0.2, 0.25) is 0 Å². The van der Waals surface area contributed by atoms with Crippen LogP contribution in [0.15, 0.2) is 0 Å². The molecule has 99 heavy (non-hydrogen) atoms. The summed E-state index contributed by atoms with van der Waals surface area (Å²) in [6.45, 7) is 7.37. The summed E-state index contributed by atoms with van der Waals surface area (Å²) in [6, 6.07) is 0. The van der Waals surface area contributed by atoms with Crippen molar-refractivity contribution >= 4 is 39.5 Å². The number of carbonyl (C=O) groups excluding carboxylic acids is 4. The average molecular weight is 1450 g/mol. The number of ether oxygens (including phenoxy) is 4. The van der Waals surface area contributed by atoms with E-state index >= 15 is 0 Å². The highest BCUT2D eigenvalue weighted by Crippen LogP contribution is 2.45. The molecule has 3 N–H and O–H groups in total. The predicted molar refractivity (Wildman–Crippen MR) is 405 cm³/mol. The van der Waals surface area contributed by atoms with Gasteiger partial charge in [0.25, 0.3) is 0 Å². The van der Waals surface area contributed by atoms with Crippen LogP contribution in [0.4, 0.5) is 0 Å². The van der Waals surface area contributed by atoms with E-state index in [1.807, 2.05) is 0 Å². The summed E-state index contributed by atoms with van der Waals surface area (Å²) in [5.74, 6) is -1.26. The number of phosphoric acid groups is 2. The van der Waals surface area contributed by atoms with E-state index in [1.165, 1.54) is 250 Å². The van der Waals surface area contributed by atoms with Gasteiger partial charge in [-0.15, -0.1) is 0 Å². The van der Waals surface area contributed by atoms with Crippen molar-refractivity contribution in [2.75, 3.05) is 39.6 Å². The van der Waals surface area contributed by atoms with Gasteiger partial charge in [0.1, 0.15) is 19.3 Å². The zero-order valence-electron chi connectivity index (χ0n) is 64.6. The minimum atomic E-state index is -4.96. The Hall–Kier alpha value is -1.94. The minimum absolute atomic E-state index is 0.108. The van der Waals surface area contributed by atoms with Crippen LogP contribution >= 0.6 is 15.6 Å². The van der Waals surface area contributed by atoms with Crippen LogP contribution in [0, 0.1) is 5.92 Å². The summed E-state index contributed by atoms with van der Waals surface area (Å²) in [6.07, 6.45) is 63.6. The Balaban J connectivity index is 5.23. The quantitative estimate of drug-likeness (QED) is 0.0222. The van der Waals surface area contributed by atoms with Gasteiger partial charge in [-0.05, 0) is 31.6 Å². The molecule has 0 spiro atoms. The topological polar surface area (TPSA) is 237 Å². The fourth-order valence-corrected chi connectivity index (χ4v) is 14.0. The zero-order chi connectivity index (χ0) is 72.7. The first kappa shape index (κ1) is 97.1. The van der Waals surface area contributed by atoms with Crippen molar-refractivity contribution in [1.29, 1.82) is 0 Å². The molecule has 0 fully saturated rings. The number of rotatable bonds is 80. The highest BCUT2D eigenvalue weighted by atomic mass is 31.2. The molecule has 0 radical (unpaired) electrons. The van der Waals surface area contributed by atoms with Crippen molar-refractivity contribution < 1.29 is 80.2 Å². The number of esters is 4. The molecule has 0 aliphatic carbocycles. The number of aliphatic hydroxyl groups excluding tert-OH is 1. The fraction of sp³-hybridized carbons (Fsp3) is 0.950. The molecular formula is C80H156O17P2. The second-order valence-electron chi connectivity index (χ2n) is 29.1. The Bertz CT molecular complexity index is 1890. The van der Waals surface area contributed by atoms with Crippen LogP contribution in [0.25, 0.3) is 0 Å². The molecule has 0 amide bonds. The molecule has 0 aliphatic rings. The van der Waals surface area contributed by atoms with Gasteiger partial charge in [0.05, 0.1) is 26.4 Å². The monoisotopic (exact) mass is 1450 g/mol. The normalized spacial score (nSPS) is 14.1. The molecule has 588 valence electrons. The zero-order valence-corrected chi connectivity index (χ0v) is 66.4. The Kier molecular flexibility index (Phi) is 71.6. The second-order valence-corrected chi connectivity index (χ2v) is 32.0.